The number of benzene rings is 1. The number of carbonyl (C=O) groups is 1. The first-order valence-corrected chi connectivity index (χ1v) is 9.94. The van der Waals surface area contributed by atoms with Crippen molar-refractivity contribution in [3.05, 3.63) is 44.7 Å². The zero-order chi connectivity index (χ0) is 18.7. The Kier molecular flexibility index (Phi) is 6.14. The van der Waals surface area contributed by atoms with Gasteiger partial charge in [-0.1, -0.05) is 29.8 Å². The Labute approximate surface area is 161 Å². The van der Waals surface area contributed by atoms with E-state index < -0.39 is 0 Å². The fourth-order valence-electron chi connectivity index (χ4n) is 3.49. The molecule has 1 aliphatic rings. The lowest BCUT2D eigenvalue weighted by atomic mass is 9.97. The number of carbonyl (C=O) groups excluding carboxylic acids is 1. The maximum absolute atomic E-state index is 11.9. The lowest BCUT2D eigenvalue weighted by Crippen LogP contribution is -2.41. The molecule has 2 heterocycles. The molecule has 1 unspecified atom stereocenters. The number of rotatable bonds is 5. The van der Waals surface area contributed by atoms with Crippen LogP contribution in [-0.2, 0) is 11.3 Å². The van der Waals surface area contributed by atoms with Gasteiger partial charge in [0.25, 0.3) is 0 Å². The summed E-state index contributed by atoms with van der Waals surface area (Å²) < 4.78 is 6.22. The van der Waals surface area contributed by atoms with E-state index in [-0.39, 0.29) is 17.5 Å². The van der Waals surface area contributed by atoms with E-state index in [0.717, 1.165) is 54.4 Å². The fourth-order valence-corrected chi connectivity index (χ4v) is 3.83. The van der Waals surface area contributed by atoms with E-state index in [9.17, 15) is 9.59 Å². The Morgan fingerprint density at radius 2 is 2.19 bits per heavy atom. The van der Waals surface area contributed by atoms with Gasteiger partial charge >= 0.3 is 5.63 Å². The third kappa shape index (κ3) is 4.74. The third-order valence-electron chi connectivity index (χ3n) is 4.88. The van der Waals surface area contributed by atoms with Crippen molar-refractivity contribution in [2.75, 3.05) is 19.6 Å². The Hall–Kier alpha value is -1.66. The van der Waals surface area contributed by atoms with Crippen LogP contribution in [-0.4, -0.2) is 30.4 Å². The zero-order valence-electron chi connectivity index (χ0n) is 15.3. The molecule has 1 aromatic carbocycles. The van der Waals surface area contributed by atoms with Crippen molar-refractivity contribution < 1.29 is 9.21 Å². The highest BCUT2D eigenvalue weighted by atomic mass is 79.9. The molecular formula is C20H25BrN2O3. The third-order valence-corrected chi connectivity index (χ3v) is 5.37. The first kappa shape index (κ1) is 19.1. The zero-order valence-corrected chi connectivity index (χ0v) is 16.8. The molecule has 1 aliphatic heterocycles. The molecule has 140 valence electrons. The Morgan fingerprint density at radius 3 is 2.96 bits per heavy atom. The van der Waals surface area contributed by atoms with Gasteiger partial charge in [-0.25, -0.2) is 4.79 Å². The van der Waals surface area contributed by atoms with Crippen molar-refractivity contribution in [2.24, 2.45) is 11.8 Å². The molecular weight excluding hydrogens is 396 g/mol. The van der Waals surface area contributed by atoms with Gasteiger partial charge in [-0.05, 0) is 49.1 Å². The second-order valence-electron chi connectivity index (χ2n) is 7.37. The molecule has 1 saturated heterocycles. The number of hydrogen-bond acceptors (Lipinski definition) is 4. The van der Waals surface area contributed by atoms with Crippen molar-refractivity contribution >= 4 is 32.8 Å². The van der Waals surface area contributed by atoms with Crippen LogP contribution in [0.2, 0.25) is 0 Å². The molecule has 1 fully saturated rings. The molecule has 0 saturated carbocycles. The van der Waals surface area contributed by atoms with Gasteiger partial charge in [0.05, 0.1) is 0 Å². The van der Waals surface area contributed by atoms with Gasteiger partial charge in [-0.2, -0.15) is 0 Å². The van der Waals surface area contributed by atoms with Crippen molar-refractivity contribution in [3.63, 3.8) is 0 Å². The minimum Gasteiger partial charge on any atom is -0.423 e. The first-order valence-electron chi connectivity index (χ1n) is 9.14. The van der Waals surface area contributed by atoms with Crippen LogP contribution in [0.3, 0.4) is 0 Å². The van der Waals surface area contributed by atoms with E-state index in [1.165, 1.54) is 0 Å². The molecule has 26 heavy (non-hydrogen) atoms. The Balaban J connectivity index is 1.70. The summed E-state index contributed by atoms with van der Waals surface area (Å²) in [6.45, 7) is 7.19. The summed E-state index contributed by atoms with van der Waals surface area (Å²) in [5, 5.41) is 4.02. The lowest BCUT2D eigenvalue weighted by molar-refractivity contribution is -0.124. The number of halogens is 1. The summed E-state index contributed by atoms with van der Waals surface area (Å²) >= 11 is 3.42. The van der Waals surface area contributed by atoms with Crippen molar-refractivity contribution in [1.29, 1.82) is 0 Å². The van der Waals surface area contributed by atoms with Gasteiger partial charge < -0.3 is 9.73 Å². The maximum atomic E-state index is 11.9. The second-order valence-corrected chi connectivity index (χ2v) is 8.29. The second kappa shape index (κ2) is 8.35. The van der Waals surface area contributed by atoms with Crippen LogP contribution < -0.4 is 10.9 Å². The number of nitrogens with zero attached hydrogens (tertiary/aromatic N) is 1. The number of amides is 1. The highest BCUT2D eigenvalue weighted by Crippen LogP contribution is 2.24. The normalized spacial score (nSPS) is 18.4. The van der Waals surface area contributed by atoms with Gasteiger partial charge in [0.1, 0.15) is 5.58 Å². The summed E-state index contributed by atoms with van der Waals surface area (Å²) in [5.41, 5.74) is 1.29. The largest absolute Gasteiger partial charge is 0.423 e. The standard InChI is InChI=1S/C20H25BrN2O3/c1-13(2)20(25)22-10-14-4-3-7-23(11-14)12-15-8-19(24)26-18-9-16(21)5-6-17(15)18/h5-6,8-9,13-14H,3-4,7,10-12H2,1-2H3,(H,22,25). The van der Waals surface area contributed by atoms with E-state index in [0.29, 0.717) is 11.5 Å². The molecule has 1 N–H and O–H groups in total. The van der Waals surface area contributed by atoms with E-state index in [4.69, 9.17) is 4.42 Å². The van der Waals surface area contributed by atoms with Crippen LogP contribution in [0.5, 0.6) is 0 Å². The topological polar surface area (TPSA) is 62.6 Å². The maximum Gasteiger partial charge on any atom is 0.336 e. The van der Waals surface area contributed by atoms with Crippen LogP contribution in [0.1, 0.15) is 32.3 Å². The Morgan fingerprint density at radius 1 is 1.38 bits per heavy atom. The average Bonchev–Trinajstić information content (AvgIpc) is 2.59. The molecule has 2 aromatic rings. The minimum absolute atomic E-state index is 0.0175. The lowest BCUT2D eigenvalue weighted by Gasteiger charge is -2.33. The predicted molar refractivity (Wildman–Crippen MR) is 106 cm³/mol. The first-order chi connectivity index (χ1) is 12.4. The van der Waals surface area contributed by atoms with Crippen molar-refractivity contribution in [3.8, 4) is 0 Å². The van der Waals surface area contributed by atoms with Gasteiger partial charge in [0, 0.05) is 41.5 Å². The van der Waals surface area contributed by atoms with E-state index in [2.05, 4.69) is 26.1 Å². The van der Waals surface area contributed by atoms with E-state index >= 15 is 0 Å². The summed E-state index contributed by atoms with van der Waals surface area (Å²) in [5.74, 6) is 0.579. The van der Waals surface area contributed by atoms with Crippen molar-refractivity contribution in [2.45, 2.75) is 33.2 Å². The highest BCUT2D eigenvalue weighted by Gasteiger charge is 2.22. The van der Waals surface area contributed by atoms with Gasteiger partial charge in [-0.15, -0.1) is 0 Å². The predicted octanol–water partition coefficient (Wildman–Crippen LogP) is 3.54. The number of fused-ring (bicyclic) bond motifs is 1. The van der Waals surface area contributed by atoms with Gasteiger partial charge in [0.15, 0.2) is 0 Å². The SMILES string of the molecule is CC(C)C(=O)NCC1CCCN(Cc2cc(=O)oc3cc(Br)ccc23)C1. The monoisotopic (exact) mass is 420 g/mol. The fraction of sp³-hybridized carbons (Fsp3) is 0.500. The smallest absolute Gasteiger partial charge is 0.336 e. The molecule has 0 spiro atoms. The summed E-state index contributed by atoms with van der Waals surface area (Å²) in [4.78, 5) is 26.1. The summed E-state index contributed by atoms with van der Waals surface area (Å²) in [6, 6.07) is 7.38. The van der Waals surface area contributed by atoms with Gasteiger partial charge in [-0.3, -0.25) is 9.69 Å². The summed E-state index contributed by atoms with van der Waals surface area (Å²) in [6.07, 6.45) is 2.23. The average molecular weight is 421 g/mol. The number of nitrogens with one attached hydrogen (secondary N) is 1. The molecule has 5 nitrogen and oxygen atoms in total. The number of piperidine rings is 1. The highest BCUT2D eigenvalue weighted by molar-refractivity contribution is 9.10. The summed E-state index contributed by atoms with van der Waals surface area (Å²) in [7, 11) is 0. The molecule has 0 radical (unpaired) electrons. The molecule has 1 atom stereocenters. The van der Waals surface area contributed by atoms with E-state index in [1.807, 2.05) is 32.0 Å². The molecule has 0 aliphatic carbocycles. The molecule has 1 aromatic heterocycles. The quantitative estimate of drug-likeness (QED) is 0.751. The molecule has 1 amide bonds. The minimum atomic E-state index is -0.316. The van der Waals surface area contributed by atoms with Crippen molar-refractivity contribution in [1.82, 2.24) is 10.2 Å². The Bertz CT molecular complexity index is 847. The van der Waals surface area contributed by atoms with Crippen LogP contribution in [0, 0.1) is 11.8 Å². The van der Waals surface area contributed by atoms with E-state index in [1.54, 1.807) is 6.07 Å². The van der Waals surface area contributed by atoms with Crippen LogP contribution in [0.4, 0.5) is 0 Å². The van der Waals surface area contributed by atoms with Gasteiger partial charge in [0.2, 0.25) is 5.91 Å². The molecule has 3 rings (SSSR count). The molecule has 0 bridgehead atoms. The molecule has 6 heteroatoms. The van der Waals surface area contributed by atoms with Crippen LogP contribution in [0.25, 0.3) is 11.0 Å². The van der Waals surface area contributed by atoms with Crippen LogP contribution >= 0.6 is 15.9 Å². The number of hydrogen-bond donors (Lipinski definition) is 1. The number of likely N-dealkylation sites (tertiary alicyclic amines) is 1. The van der Waals surface area contributed by atoms with Crippen LogP contribution in [0.15, 0.2) is 37.9 Å².